The van der Waals surface area contributed by atoms with Gasteiger partial charge in [-0.15, -0.1) is 0 Å². The minimum Gasteiger partial charge on any atom is -0.362 e. The van der Waals surface area contributed by atoms with Crippen LogP contribution in [0.2, 0.25) is 0 Å². The molecule has 0 saturated heterocycles. The maximum absolute atomic E-state index is 11.8. The first-order valence-corrected chi connectivity index (χ1v) is 6.75. The highest BCUT2D eigenvalue weighted by Gasteiger charge is 2.28. The van der Waals surface area contributed by atoms with E-state index in [1.807, 2.05) is 13.8 Å². The molecule has 0 aromatic rings. The van der Waals surface area contributed by atoms with Crippen LogP contribution in [0, 0.1) is 5.41 Å². The number of hydrogen-bond donors (Lipinski definition) is 1. The summed E-state index contributed by atoms with van der Waals surface area (Å²) in [6.45, 7) is 2.45. The molecule has 0 atom stereocenters. The zero-order chi connectivity index (χ0) is 14.2. The van der Waals surface area contributed by atoms with Gasteiger partial charge in [-0.2, -0.15) is 13.2 Å². The molecule has 0 aliphatic rings. The fourth-order valence-corrected chi connectivity index (χ4v) is 1.56. The molecule has 0 aromatic carbocycles. The van der Waals surface area contributed by atoms with Crippen LogP contribution in [0.3, 0.4) is 0 Å². The molecule has 3 nitrogen and oxygen atoms in total. The molecule has 0 fully saturated rings. The summed E-state index contributed by atoms with van der Waals surface area (Å²) in [7, 11) is 0. The van der Waals surface area contributed by atoms with Crippen LogP contribution >= 0.6 is 15.9 Å². The Hall–Kier alpha value is -0.300. The number of halogens is 4. The highest BCUT2D eigenvalue weighted by Crippen LogP contribution is 2.21. The van der Waals surface area contributed by atoms with Gasteiger partial charge in [-0.3, -0.25) is 4.79 Å². The van der Waals surface area contributed by atoms with Gasteiger partial charge in [0.2, 0.25) is 5.91 Å². The van der Waals surface area contributed by atoms with Gasteiger partial charge < -0.3 is 10.1 Å². The van der Waals surface area contributed by atoms with E-state index < -0.39 is 25.3 Å². The van der Waals surface area contributed by atoms with Crippen LogP contribution in [0.5, 0.6) is 0 Å². The summed E-state index contributed by atoms with van der Waals surface area (Å²) in [5.74, 6) is -0.522. The fourth-order valence-electron chi connectivity index (χ4n) is 1.28. The summed E-state index contributed by atoms with van der Waals surface area (Å²) < 4.78 is 39.5. The normalized spacial score (nSPS) is 12.6. The molecule has 0 saturated carbocycles. The first-order chi connectivity index (χ1) is 8.16. The number of ether oxygens (including phenoxy) is 1. The van der Waals surface area contributed by atoms with Crippen molar-refractivity contribution in [1.82, 2.24) is 5.32 Å². The lowest BCUT2D eigenvalue weighted by atomic mass is 9.88. The molecule has 18 heavy (non-hydrogen) atoms. The molecular formula is C11H19BrF3NO2. The second-order valence-corrected chi connectivity index (χ2v) is 5.63. The Labute approximate surface area is 114 Å². The molecule has 0 aliphatic heterocycles. The smallest absolute Gasteiger partial charge is 0.362 e. The first-order valence-electron chi connectivity index (χ1n) is 5.63. The molecule has 0 unspecified atom stereocenters. The minimum absolute atomic E-state index is 0.0759. The van der Waals surface area contributed by atoms with Gasteiger partial charge in [0.1, 0.15) is 13.2 Å². The zero-order valence-electron chi connectivity index (χ0n) is 10.6. The summed E-state index contributed by atoms with van der Waals surface area (Å²) in [6, 6.07) is 0. The maximum atomic E-state index is 11.8. The lowest BCUT2D eigenvalue weighted by molar-refractivity contribution is -0.175. The monoisotopic (exact) mass is 333 g/mol. The quantitative estimate of drug-likeness (QED) is 0.693. The van der Waals surface area contributed by atoms with Crippen LogP contribution in [0.15, 0.2) is 0 Å². The third-order valence-electron chi connectivity index (χ3n) is 2.25. The van der Waals surface area contributed by atoms with E-state index in [0.717, 1.165) is 18.2 Å². The van der Waals surface area contributed by atoms with Crippen molar-refractivity contribution in [3.63, 3.8) is 0 Å². The van der Waals surface area contributed by atoms with Crippen molar-refractivity contribution in [1.29, 1.82) is 0 Å². The number of carbonyl (C=O) groups excluding carboxylic acids is 1. The summed E-state index contributed by atoms with van der Waals surface area (Å²) in [6.07, 6.45) is -2.50. The third-order valence-corrected chi connectivity index (χ3v) is 2.81. The molecule has 0 aromatic heterocycles. The average molecular weight is 334 g/mol. The highest BCUT2D eigenvalue weighted by molar-refractivity contribution is 9.09. The van der Waals surface area contributed by atoms with Gasteiger partial charge >= 0.3 is 6.18 Å². The Morgan fingerprint density at radius 1 is 1.33 bits per heavy atom. The number of carbonyl (C=O) groups is 1. The number of alkyl halides is 4. The number of nitrogens with one attached hydrogen (secondary N) is 1. The van der Waals surface area contributed by atoms with E-state index in [1.165, 1.54) is 0 Å². The SMILES string of the molecule is CC(C)(CCCBr)CNC(=O)COCC(F)(F)F. The van der Waals surface area contributed by atoms with Crippen LogP contribution in [-0.4, -0.2) is 37.2 Å². The minimum atomic E-state index is -4.39. The van der Waals surface area contributed by atoms with Crippen molar-refractivity contribution < 1.29 is 22.7 Å². The maximum Gasteiger partial charge on any atom is 0.411 e. The molecule has 0 spiro atoms. The number of hydrogen-bond acceptors (Lipinski definition) is 2. The Morgan fingerprint density at radius 3 is 2.44 bits per heavy atom. The van der Waals surface area contributed by atoms with Gasteiger partial charge in [0.25, 0.3) is 0 Å². The van der Waals surface area contributed by atoms with Gasteiger partial charge in [0.15, 0.2) is 0 Å². The van der Waals surface area contributed by atoms with Gasteiger partial charge in [0, 0.05) is 11.9 Å². The van der Waals surface area contributed by atoms with Crippen molar-refractivity contribution in [3.05, 3.63) is 0 Å². The Bertz CT molecular complexity index is 257. The van der Waals surface area contributed by atoms with Crippen molar-refractivity contribution in [3.8, 4) is 0 Å². The Morgan fingerprint density at radius 2 is 1.94 bits per heavy atom. The van der Waals surface area contributed by atoms with Crippen molar-refractivity contribution in [2.75, 3.05) is 25.1 Å². The highest BCUT2D eigenvalue weighted by atomic mass is 79.9. The van der Waals surface area contributed by atoms with E-state index in [2.05, 4.69) is 26.0 Å². The first kappa shape index (κ1) is 17.7. The van der Waals surface area contributed by atoms with Crippen LogP contribution in [0.1, 0.15) is 26.7 Å². The van der Waals surface area contributed by atoms with E-state index >= 15 is 0 Å². The van der Waals surface area contributed by atoms with Crippen molar-refractivity contribution in [2.45, 2.75) is 32.9 Å². The molecule has 0 aliphatic carbocycles. The van der Waals surface area contributed by atoms with E-state index in [-0.39, 0.29) is 5.41 Å². The summed E-state index contributed by atoms with van der Waals surface area (Å²) >= 11 is 3.32. The second-order valence-electron chi connectivity index (χ2n) is 4.84. The summed E-state index contributed by atoms with van der Waals surface area (Å²) in [5, 5.41) is 3.46. The van der Waals surface area contributed by atoms with Crippen molar-refractivity contribution >= 4 is 21.8 Å². The van der Waals surface area contributed by atoms with Gasteiger partial charge in [-0.25, -0.2) is 0 Å². The topological polar surface area (TPSA) is 38.3 Å². The fraction of sp³-hybridized carbons (Fsp3) is 0.909. The summed E-state index contributed by atoms with van der Waals surface area (Å²) in [5.41, 5.74) is -0.0759. The van der Waals surface area contributed by atoms with Gasteiger partial charge in [-0.1, -0.05) is 29.8 Å². The van der Waals surface area contributed by atoms with Gasteiger partial charge in [-0.05, 0) is 18.3 Å². The van der Waals surface area contributed by atoms with Crippen LogP contribution in [0.25, 0.3) is 0 Å². The Kier molecular flexibility index (Phi) is 7.86. The standard InChI is InChI=1S/C11H19BrF3NO2/c1-10(2,4-3-5-12)7-16-9(17)6-18-8-11(13,14)15/h3-8H2,1-2H3,(H,16,17). The van der Waals surface area contributed by atoms with Crippen molar-refractivity contribution in [2.24, 2.45) is 5.41 Å². The predicted molar refractivity (Wildman–Crippen MR) is 66.7 cm³/mol. The second kappa shape index (κ2) is 7.99. The molecule has 7 heteroatoms. The zero-order valence-corrected chi connectivity index (χ0v) is 12.2. The molecular weight excluding hydrogens is 315 g/mol. The third kappa shape index (κ3) is 10.8. The van der Waals surface area contributed by atoms with E-state index in [1.54, 1.807) is 0 Å². The molecule has 1 N–H and O–H groups in total. The van der Waals surface area contributed by atoms with E-state index in [9.17, 15) is 18.0 Å². The predicted octanol–water partition coefficient (Wildman–Crippen LogP) is 2.88. The molecule has 108 valence electrons. The lowest BCUT2D eigenvalue weighted by Crippen LogP contribution is -2.36. The molecule has 0 radical (unpaired) electrons. The average Bonchev–Trinajstić information content (AvgIpc) is 2.22. The van der Waals surface area contributed by atoms with Gasteiger partial charge in [0.05, 0.1) is 0 Å². The Balaban J connectivity index is 3.76. The van der Waals surface area contributed by atoms with Crippen LogP contribution < -0.4 is 5.32 Å². The molecule has 0 rings (SSSR count). The number of amides is 1. The largest absolute Gasteiger partial charge is 0.411 e. The summed E-state index contributed by atoms with van der Waals surface area (Å²) in [4.78, 5) is 11.2. The lowest BCUT2D eigenvalue weighted by Gasteiger charge is -2.24. The molecule has 0 bridgehead atoms. The number of rotatable bonds is 8. The molecule has 0 heterocycles. The van der Waals surface area contributed by atoms with Crippen LogP contribution in [-0.2, 0) is 9.53 Å². The molecule has 1 amide bonds. The van der Waals surface area contributed by atoms with E-state index in [4.69, 9.17) is 0 Å². The van der Waals surface area contributed by atoms with E-state index in [0.29, 0.717) is 6.54 Å². The van der Waals surface area contributed by atoms with Crippen LogP contribution in [0.4, 0.5) is 13.2 Å².